The summed E-state index contributed by atoms with van der Waals surface area (Å²) in [4.78, 5) is 11.8. The molecule has 0 spiro atoms. The molecule has 1 aromatic carbocycles. The number of anilines is 1. The van der Waals surface area contributed by atoms with Crippen LogP contribution in [0.5, 0.6) is 0 Å². The van der Waals surface area contributed by atoms with E-state index in [1.54, 1.807) is 0 Å². The number of carbonyl (C=O) groups excluding carboxylic acids is 1. The maximum atomic E-state index is 11.8. The zero-order chi connectivity index (χ0) is 13.3. The Bertz CT molecular complexity index is 451. The van der Waals surface area contributed by atoms with Crippen LogP contribution >= 0.6 is 34.8 Å². The van der Waals surface area contributed by atoms with Crippen molar-refractivity contribution in [2.45, 2.75) is 25.3 Å². The van der Waals surface area contributed by atoms with E-state index >= 15 is 0 Å². The van der Waals surface area contributed by atoms with Crippen LogP contribution in [0.1, 0.15) is 19.3 Å². The van der Waals surface area contributed by atoms with Gasteiger partial charge in [-0.3, -0.25) is 4.79 Å². The first-order valence-corrected chi connectivity index (χ1v) is 6.80. The lowest BCUT2D eigenvalue weighted by Crippen LogP contribution is -2.29. The minimum atomic E-state index is -0.180. The van der Waals surface area contributed by atoms with Gasteiger partial charge in [0, 0.05) is 17.5 Å². The molecule has 1 fully saturated rings. The van der Waals surface area contributed by atoms with Crippen molar-refractivity contribution >= 4 is 46.4 Å². The molecule has 18 heavy (non-hydrogen) atoms. The van der Waals surface area contributed by atoms with Crippen molar-refractivity contribution in [2.24, 2.45) is 11.7 Å². The summed E-state index contributed by atoms with van der Waals surface area (Å²) >= 11 is 17.7. The van der Waals surface area contributed by atoms with Crippen LogP contribution in [0.2, 0.25) is 15.1 Å². The minimum Gasteiger partial charge on any atom is -0.327 e. The standard InChI is InChI=1S/C12H13Cl3N2O/c13-7-3-8(14)12(9(15)4-7)17-11(18)5-10(16)6-1-2-6/h3-4,6,10H,1-2,5,16H2,(H,17,18). The second kappa shape index (κ2) is 5.66. The third-order valence-corrected chi connectivity index (χ3v) is 3.73. The van der Waals surface area contributed by atoms with Crippen LogP contribution in [0.4, 0.5) is 5.69 Å². The van der Waals surface area contributed by atoms with Crippen molar-refractivity contribution in [3.63, 3.8) is 0 Å². The third kappa shape index (κ3) is 3.51. The van der Waals surface area contributed by atoms with Crippen molar-refractivity contribution in [1.82, 2.24) is 0 Å². The van der Waals surface area contributed by atoms with Gasteiger partial charge in [0.25, 0.3) is 0 Å². The van der Waals surface area contributed by atoms with E-state index in [-0.39, 0.29) is 18.4 Å². The van der Waals surface area contributed by atoms with Gasteiger partial charge in [0.15, 0.2) is 0 Å². The first kappa shape index (κ1) is 13.9. The Morgan fingerprint density at radius 2 is 1.89 bits per heavy atom. The zero-order valence-corrected chi connectivity index (χ0v) is 11.8. The van der Waals surface area contributed by atoms with Crippen LogP contribution in [0.15, 0.2) is 12.1 Å². The van der Waals surface area contributed by atoms with Gasteiger partial charge in [0.05, 0.1) is 15.7 Å². The monoisotopic (exact) mass is 306 g/mol. The Labute approximate surface area is 121 Å². The normalized spacial score (nSPS) is 16.4. The molecule has 0 saturated heterocycles. The summed E-state index contributed by atoms with van der Waals surface area (Å²) in [5.41, 5.74) is 6.27. The van der Waals surface area contributed by atoms with Gasteiger partial charge in [-0.15, -0.1) is 0 Å². The van der Waals surface area contributed by atoms with Gasteiger partial charge < -0.3 is 11.1 Å². The van der Waals surface area contributed by atoms with Gasteiger partial charge in [-0.25, -0.2) is 0 Å². The average molecular weight is 308 g/mol. The highest BCUT2D eigenvalue weighted by atomic mass is 35.5. The molecule has 98 valence electrons. The second-order valence-electron chi connectivity index (χ2n) is 4.50. The predicted molar refractivity (Wildman–Crippen MR) is 75.4 cm³/mol. The topological polar surface area (TPSA) is 55.1 Å². The van der Waals surface area contributed by atoms with Crippen LogP contribution < -0.4 is 11.1 Å². The Morgan fingerprint density at radius 3 is 2.39 bits per heavy atom. The molecule has 0 heterocycles. The highest BCUT2D eigenvalue weighted by Gasteiger charge is 2.30. The van der Waals surface area contributed by atoms with Gasteiger partial charge in [0.1, 0.15) is 0 Å². The molecule has 1 unspecified atom stereocenters. The van der Waals surface area contributed by atoms with Crippen LogP contribution in [0.3, 0.4) is 0 Å². The van der Waals surface area contributed by atoms with Crippen LogP contribution in [-0.4, -0.2) is 11.9 Å². The summed E-state index contributed by atoms with van der Waals surface area (Å²) in [5.74, 6) is 0.299. The van der Waals surface area contributed by atoms with Crippen LogP contribution in [0, 0.1) is 5.92 Å². The van der Waals surface area contributed by atoms with E-state index in [4.69, 9.17) is 40.5 Å². The van der Waals surface area contributed by atoms with Crippen molar-refractivity contribution in [3.8, 4) is 0 Å². The SMILES string of the molecule is NC(CC(=O)Nc1c(Cl)cc(Cl)cc1Cl)C1CC1. The number of rotatable bonds is 4. The van der Waals surface area contributed by atoms with Crippen molar-refractivity contribution in [1.29, 1.82) is 0 Å². The molecule has 3 N–H and O–H groups in total. The Kier molecular flexibility index (Phi) is 4.38. The summed E-state index contributed by atoms with van der Waals surface area (Å²) in [6, 6.07) is 2.98. The summed E-state index contributed by atoms with van der Waals surface area (Å²) < 4.78 is 0. The predicted octanol–water partition coefficient (Wildman–Crippen LogP) is 3.71. The van der Waals surface area contributed by atoms with Gasteiger partial charge >= 0.3 is 0 Å². The molecule has 1 aliphatic carbocycles. The van der Waals surface area contributed by atoms with Crippen molar-refractivity contribution in [2.75, 3.05) is 5.32 Å². The first-order valence-electron chi connectivity index (χ1n) is 5.67. The van der Waals surface area contributed by atoms with E-state index in [2.05, 4.69) is 5.32 Å². The molecule has 0 aliphatic heterocycles. The Balaban J connectivity index is 2.02. The second-order valence-corrected chi connectivity index (χ2v) is 5.75. The van der Waals surface area contributed by atoms with Gasteiger partial charge in [-0.2, -0.15) is 0 Å². The molecule has 0 radical (unpaired) electrons. The summed E-state index contributed by atoms with van der Waals surface area (Å²) in [5, 5.41) is 3.75. The highest BCUT2D eigenvalue weighted by Crippen LogP contribution is 2.35. The molecule has 3 nitrogen and oxygen atoms in total. The van der Waals surface area contributed by atoms with Crippen LogP contribution in [0.25, 0.3) is 0 Å². The Hall–Kier alpha value is -0.480. The lowest BCUT2D eigenvalue weighted by Gasteiger charge is -2.12. The fourth-order valence-electron chi connectivity index (χ4n) is 1.76. The number of nitrogens with two attached hydrogens (primary N) is 1. The lowest BCUT2D eigenvalue weighted by atomic mass is 10.1. The molecule has 1 saturated carbocycles. The van der Waals surface area contributed by atoms with E-state index in [9.17, 15) is 4.79 Å². The van der Waals surface area contributed by atoms with E-state index < -0.39 is 0 Å². The molecule has 0 aromatic heterocycles. The summed E-state index contributed by atoms with van der Waals surface area (Å²) in [7, 11) is 0. The number of amides is 1. The van der Waals surface area contributed by atoms with Crippen molar-refractivity contribution in [3.05, 3.63) is 27.2 Å². The fraction of sp³-hybridized carbons (Fsp3) is 0.417. The number of hydrogen-bond acceptors (Lipinski definition) is 2. The summed E-state index contributed by atoms with van der Waals surface area (Å²) in [6.45, 7) is 0. The number of nitrogens with one attached hydrogen (secondary N) is 1. The smallest absolute Gasteiger partial charge is 0.226 e. The number of carbonyl (C=O) groups is 1. The quantitative estimate of drug-likeness (QED) is 0.891. The number of hydrogen-bond donors (Lipinski definition) is 2. The molecule has 0 bridgehead atoms. The highest BCUT2D eigenvalue weighted by molar-refractivity contribution is 6.42. The third-order valence-electron chi connectivity index (χ3n) is 2.92. The maximum Gasteiger partial charge on any atom is 0.226 e. The zero-order valence-electron chi connectivity index (χ0n) is 9.55. The largest absolute Gasteiger partial charge is 0.327 e. The maximum absolute atomic E-state index is 11.8. The molecular weight excluding hydrogens is 295 g/mol. The fourth-order valence-corrected chi connectivity index (χ4v) is 2.67. The molecular formula is C12H13Cl3N2O. The Morgan fingerprint density at radius 1 is 1.33 bits per heavy atom. The lowest BCUT2D eigenvalue weighted by molar-refractivity contribution is -0.116. The summed E-state index contributed by atoms with van der Waals surface area (Å²) in [6.07, 6.45) is 2.49. The van der Waals surface area contributed by atoms with Crippen molar-refractivity contribution < 1.29 is 4.79 Å². The molecule has 1 atom stereocenters. The number of halogens is 3. The molecule has 6 heteroatoms. The van der Waals surface area contributed by atoms with E-state index in [1.165, 1.54) is 12.1 Å². The van der Waals surface area contributed by atoms with E-state index in [0.717, 1.165) is 12.8 Å². The van der Waals surface area contributed by atoms with Gasteiger partial charge in [0.2, 0.25) is 5.91 Å². The molecule has 2 rings (SSSR count). The molecule has 1 aromatic rings. The minimum absolute atomic E-state index is 0.0881. The van der Waals surface area contributed by atoms with E-state index in [1.807, 2.05) is 0 Å². The number of benzene rings is 1. The molecule has 1 aliphatic rings. The van der Waals surface area contributed by atoms with E-state index in [0.29, 0.717) is 26.7 Å². The average Bonchev–Trinajstić information content (AvgIpc) is 3.06. The molecule has 1 amide bonds. The van der Waals surface area contributed by atoms with Gasteiger partial charge in [-0.05, 0) is 30.9 Å². The van der Waals surface area contributed by atoms with Gasteiger partial charge in [-0.1, -0.05) is 34.8 Å². The first-order chi connectivity index (χ1) is 8.47. The van der Waals surface area contributed by atoms with Crippen LogP contribution in [-0.2, 0) is 4.79 Å².